The summed E-state index contributed by atoms with van der Waals surface area (Å²) in [6.45, 7) is 10.6. The highest BCUT2D eigenvalue weighted by atomic mass is 32.1. The Morgan fingerprint density at radius 2 is 1.83 bits per heavy atom. The molecule has 1 aromatic carbocycles. The number of rotatable bonds is 11. The minimum absolute atomic E-state index is 0.386. The van der Waals surface area contributed by atoms with Crippen LogP contribution < -0.4 is 0 Å². The van der Waals surface area contributed by atoms with Crippen molar-refractivity contribution in [3.8, 4) is 11.3 Å². The molecule has 0 aliphatic heterocycles. The number of unbranched alkanes of at least 4 members (excludes halogenated alkanes) is 3. The lowest BCUT2D eigenvalue weighted by atomic mass is 10.0. The van der Waals surface area contributed by atoms with E-state index in [-0.39, 0.29) is 0 Å². The maximum absolute atomic E-state index is 11.0. The lowest BCUT2D eigenvalue weighted by Gasteiger charge is -2.11. The first kappa shape index (κ1) is 21.9. The smallest absolute Gasteiger partial charge is 0.345 e. The van der Waals surface area contributed by atoms with E-state index in [9.17, 15) is 4.79 Å². The summed E-state index contributed by atoms with van der Waals surface area (Å²) >= 11 is 1.34. The third kappa shape index (κ3) is 5.61. The molecular formula is C25H28N2O2S. The van der Waals surface area contributed by atoms with Crippen LogP contribution in [0.4, 0.5) is 5.69 Å². The number of carbonyl (C=O) groups is 1. The van der Waals surface area contributed by atoms with Crippen LogP contribution in [0.15, 0.2) is 48.7 Å². The quantitative estimate of drug-likeness (QED) is 0.263. The fourth-order valence-corrected chi connectivity index (χ4v) is 4.58. The largest absolute Gasteiger partial charge is 0.477 e. The zero-order valence-electron chi connectivity index (χ0n) is 17.4. The Hall–Kier alpha value is -2.84. The minimum Gasteiger partial charge on any atom is -0.477 e. The summed E-state index contributed by atoms with van der Waals surface area (Å²) in [4.78, 5) is 16.2. The van der Waals surface area contributed by atoms with Gasteiger partial charge in [-0.05, 0) is 61.2 Å². The van der Waals surface area contributed by atoms with Gasteiger partial charge in [-0.1, -0.05) is 50.5 Å². The Morgan fingerprint density at radius 1 is 1.03 bits per heavy atom. The van der Waals surface area contributed by atoms with Crippen LogP contribution in [0.2, 0.25) is 0 Å². The standard InChI is InChI=1S/C25H28N2O2S/c1-3-4-5-6-8-19-10-12-20(13-11-19)24-22(26-2)16-18-27(24)17-7-9-21-14-15-23(30-21)25(28)29/h10-16,18H,3-9,17H2,1H3,(H,28,29). The van der Waals surface area contributed by atoms with E-state index in [1.165, 1.54) is 42.6 Å². The van der Waals surface area contributed by atoms with Crippen molar-refractivity contribution < 1.29 is 9.90 Å². The van der Waals surface area contributed by atoms with Gasteiger partial charge < -0.3 is 9.67 Å². The molecule has 156 valence electrons. The normalized spacial score (nSPS) is 10.8. The Bertz CT molecular complexity index is 1010. The number of carboxylic acid groups (broad SMARTS) is 1. The molecule has 30 heavy (non-hydrogen) atoms. The van der Waals surface area contributed by atoms with Gasteiger partial charge in [0.05, 0.1) is 12.3 Å². The average Bonchev–Trinajstić information content (AvgIpc) is 3.39. The molecule has 2 heterocycles. The van der Waals surface area contributed by atoms with Crippen LogP contribution in [-0.2, 0) is 19.4 Å². The highest BCUT2D eigenvalue weighted by molar-refractivity contribution is 7.13. The topological polar surface area (TPSA) is 46.6 Å². The zero-order chi connectivity index (χ0) is 21.3. The van der Waals surface area contributed by atoms with Gasteiger partial charge in [-0.3, -0.25) is 0 Å². The van der Waals surface area contributed by atoms with Crippen molar-refractivity contribution in [1.29, 1.82) is 0 Å². The number of hydrogen-bond acceptors (Lipinski definition) is 2. The first-order chi connectivity index (χ1) is 14.6. The summed E-state index contributed by atoms with van der Waals surface area (Å²) in [6.07, 6.45) is 9.87. The predicted octanol–water partition coefficient (Wildman–Crippen LogP) is 7.22. The zero-order valence-corrected chi connectivity index (χ0v) is 18.3. The van der Waals surface area contributed by atoms with Crippen LogP contribution in [0, 0.1) is 6.57 Å². The molecule has 0 spiro atoms. The van der Waals surface area contributed by atoms with E-state index in [2.05, 4.69) is 40.6 Å². The van der Waals surface area contributed by atoms with Gasteiger partial charge in [0.15, 0.2) is 0 Å². The highest BCUT2D eigenvalue weighted by Crippen LogP contribution is 2.32. The molecule has 0 atom stereocenters. The molecule has 0 saturated heterocycles. The van der Waals surface area contributed by atoms with Gasteiger partial charge in [0, 0.05) is 11.4 Å². The van der Waals surface area contributed by atoms with E-state index >= 15 is 0 Å². The number of aromatic carboxylic acids is 1. The number of aromatic nitrogens is 1. The highest BCUT2D eigenvalue weighted by Gasteiger charge is 2.12. The van der Waals surface area contributed by atoms with Crippen molar-refractivity contribution in [2.24, 2.45) is 0 Å². The van der Waals surface area contributed by atoms with Crippen molar-refractivity contribution in [3.05, 3.63) is 75.4 Å². The second kappa shape index (κ2) is 10.8. The molecule has 0 radical (unpaired) electrons. The summed E-state index contributed by atoms with van der Waals surface area (Å²) < 4.78 is 2.15. The van der Waals surface area contributed by atoms with E-state index in [0.29, 0.717) is 10.6 Å². The summed E-state index contributed by atoms with van der Waals surface area (Å²) in [5.74, 6) is -0.866. The number of aryl methyl sites for hydroxylation is 3. The molecule has 0 bridgehead atoms. The van der Waals surface area contributed by atoms with Gasteiger partial charge in [0.1, 0.15) is 4.88 Å². The average molecular weight is 421 g/mol. The fourth-order valence-electron chi connectivity index (χ4n) is 3.69. The van der Waals surface area contributed by atoms with Gasteiger partial charge in [0.2, 0.25) is 5.69 Å². The number of hydrogen-bond donors (Lipinski definition) is 1. The molecule has 0 aliphatic carbocycles. The lowest BCUT2D eigenvalue weighted by molar-refractivity contribution is 0.0702. The molecule has 0 saturated carbocycles. The maximum atomic E-state index is 11.0. The van der Waals surface area contributed by atoms with E-state index in [0.717, 1.165) is 41.9 Å². The van der Waals surface area contributed by atoms with E-state index in [4.69, 9.17) is 11.7 Å². The van der Waals surface area contributed by atoms with Crippen molar-refractivity contribution in [3.63, 3.8) is 0 Å². The van der Waals surface area contributed by atoms with Gasteiger partial charge in [0.25, 0.3) is 0 Å². The molecule has 0 amide bonds. The molecule has 0 unspecified atom stereocenters. The molecule has 1 N–H and O–H groups in total. The molecular weight excluding hydrogens is 392 g/mol. The van der Waals surface area contributed by atoms with Crippen molar-refractivity contribution in [2.75, 3.05) is 0 Å². The van der Waals surface area contributed by atoms with Crippen molar-refractivity contribution in [1.82, 2.24) is 4.57 Å². The lowest BCUT2D eigenvalue weighted by Crippen LogP contribution is -2.00. The summed E-state index contributed by atoms with van der Waals surface area (Å²) in [5.41, 5.74) is 4.08. The Kier molecular flexibility index (Phi) is 7.87. The van der Waals surface area contributed by atoms with Crippen LogP contribution in [-0.4, -0.2) is 15.6 Å². The monoisotopic (exact) mass is 420 g/mol. The first-order valence-corrected chi connectivity index (χ1v) is 11.4. The van der Waals surface area contributed by atoms with Crippen molar-refractivity contribution >= 4 is 23.0 Å². The van der Waals surface area contributed by atoms with Crippen LogP contribution in [0.1, 0.15) is 59.1 Å². The molecule has 0 fully saturated rings. The number of thiophene rings is 1. The SMILES string of the molecule is [C-]#[N+]c1ccn(CCCc2ccc(C(=O)O)s2)c1-c1ccc(CCCCCC)cc1. The van der Waals surface area contributed by atoms with E-state index in [1.807, 2.05) is 18.3 Å². The van der Waals surface area contributed by atoms with Gasteiger partial charge >= 0.3 is 5.97 Å². The number of nitrogens with zero attached hydrogens (tertiary/aromatic N) is 2. The summed E-state index contributed by atoms with van der Waals surface area (Å²) in [5, 5.41) is 9.06. The predicted molar refractivity (Wildman–Crippen MR) is 124 cm³/mol. The number of carboxylic acids is 1. The van der Waals surface area contributed by atoms with Crippen LogP contribution in [0.3, 0.4) is 0 Å². The van der Waals surface area contributed by atoms with E-state index < -0.39 is 5.97 Å². The third-order valence-electron chi connectivity index (χ3n) is 5.30. The van der Waals surface area contributed by atoms with E-state index in [1.54, 1.807) is 6.07 Å². The van der Waals surface area contributed by atoms with Crippen LogP contribution >= 0.6 is 11.3 Å². The molecule has 4 nitrogen and oxygen atoms in total. The Balaban J connectivity index is 1.65. The van der Waals surface area contributed by atoms with Crippen molar-refractivity contribution in [2.45, 2.75) is 58.4 Å². The second-order valence-corrected chi connectivity index (χ2v) is 8.71. The van der Waals surface area contributed by atoms with Gasteiger partial charge in [-0.15, -0.1) is 11.3 Å². The molecule has 5 heteroatoms. The number of benzene rings is 1. The third-order valence-corrected chi connectivity index (χ3v) is 6.44. The molecule has 3 rings (SSSR count). The van der Waals surface area contributed by atoms with Crippen LogP contribution in [0.25, 0.3) is 16.1 Å². The summed E-state index contributed by atoms with van der Waals surface area (Å²) in [7, 11) is 0. The van der Waals surface area contributed by atoms with Gasteiger partial charge in [-0.25, -0.2) is 9.64 Å². The minimum atomic E-state index is -0.866. The molecule has 0 aliphatic rings. The Labute approximate surface area is 182 Å². The molecule has 2 aromatic heterocycles. The van der Waals surface area contributed by atoms with Gasteiger partial charge in [-0.2, -0.15) is 0 Å². The second-order valence-electron chi connectivity index (χ2n) is 7.54. The Morgan fingerprint density at radius 3 is 2.50 bits per heavy atom. The molecule has 3 aromatic rings. The fraction of sp³-hybridized carbons (Fsp3) is 0.360. The van der Waals surface area contributed by atoms with Crippen LogP contribution in [0.5, 0.6) is 0 Å². The summed E-state index contributed by atoms with van der Waals surface area (Å²) in [6, 6.07) is 14.1. The first-order valence-electron chi connectivity index (χ1n) is 10.6. The maximum Gasteiger partial charge on any atom is 0.345 e.